The molecule has 0 saturated carbocycles. The molecule has 4 nitrogen and oxygen atoms in total. The molecule has 1 aromatic carbocycles. The van der Waals surface area contributed by atoms with Crippen LogP contribution in [0.15, 0.2) is 36.7 Å². The molecular formula is C14H16N4. The van der Waals surface area contributed by atoms with Crippen molar-refractivity contribution in [1.82, 2.24) is 14.8 Å². The number of aromatic nitrogens is 3. The van der Waals surface area contributed by atoms with Crippen LogP contribution in [-0.4, -0.2) is 14.8 Å². The Kier molecular flexibility index (Phi) is 2.64. The number of aryl methyl sites for hydroxylation is 1. The molecule has 3 rings (SSSR count). The Bertz CT molecular complexity index is 678. The van der Waals surface area contributed by atoms with Crippen LogP contribution in [0.1, 0.15) is 16.8 Å². The van der Waals surface area contributed by atoms with E-state index in [-0.39, 0.29) is 0 Å². The lowest BCUT2D eigenvalue weighted by Gasteiger charge is -2.03. The highest BCUT2D eigenvalue weighted by atomic mass is 15.1. The van der Waals surface area contributed by atoms with Gasteiger partial charge in [0.05, 0.1) is 11.9 Å². The molecule has 0 aliphatic heterocycles. The van der Waals surface area contributed by atoms with Crippen LogP contribution in [0.4, 0.5) is 0 Å². The number of H-pyrrole nitrogens is 1. The van der Waals surface area contributed by atoms with Gasteiger partial charge in [0, 0.05) is 31.7 Å². The smallest absolute Gasteiger partial charge is 0.0526 e. The molecule has 0 bridgehead atoms. The summed E-state index contributed by atoms with van der Waals surface area (Å²) in [6.07, 6.45) is 4.81. The summed E-state index contributed by atoms with van der Waals surface area (Å²) in [6.45, 7) is 0.503. The Hall–Kier alpha value is -2.07. The summed E-state index contributed by atoms with van der Waals surface area (Å²) < 4.78 is 2.13. The fourth-order valence-corrected chi connectivity index (χ4v) is 2.33. The van der Waals surface area contributed by atoms with Crippen molar-refractivity contribution in [2.45, 2.75) is 13.0 Å². The molecule has 0 aliphatic carbocycles. The summed E-state index contributed by atoms with van der Waals surface area (Å²) in [6, 6.07) is 8.68. The molecule has 4 heteroatoms. The molecule has 0 aliphatic rings. The standard InChI is InChI=1S/C14H16N4/c1-18-5-4-11-6-10(2-3-14(11)18)7-12-9-16-17-13(12)8-15/h2-6,9H,7-8,15H2,1H3,(H,16,17). The number of fused-ring (bicyclic) bond motifs is 1. The van der Waals surface area contributed by atoms with Crippen molar-refractivity contribution in [1.29, 1.82) is 0 Å². The molecule has 3 aromatic rings. The van der Waals surface area contributed by atoms with E-state index in [0.29, 0.717) is 6.54 Å². The monoisotopic (exact) mass is 240 g/mol. The first-order valence-electron chi connectivity index (χ1n) is 6.03. The zero-order valence-electron chi connectivity index (χ0n) is 10.4. The van der Waals surface area contributed by atoms with Crippen molar-refractivity contribution >= 4 is 10.9 Å². The maximum absolute atomic E-state index is 5.67. The van der Waals surface area contributed by atoms with Gasteiger partial charge in [-0.3, -0.25) is 5.10 Å². The Morgan fingerprint density at radius 2 is 2.22 bits per heavy atom. The van der Waals surface area contributed by atoms with E-state index in [1.54, 1.807) is 0 Å². The molecule has 0 radical (unpaired) electrons. The number of benzene rings is 1. The Labute approximate surface area is 105 Å². The second-order valence-electron chi connectivity index (χ2n) is 4.57. The highest BCUT2D eigenvalue weighted by Gasteiger charge is 2.06. The van der Waals surface area contributed by atoms with Gasteiger partial charge in [0.1, 0.15) is 0 Å². The Balaban J connectivity index is 1.95. The van der Waals surface area contributed by atoms with Crippen LogP contribution in [0.3, 0.4) is 0 Å². The van der Waals surface area contributed by atoms with Crippen LogP contribution in [-0.2, 0) is 20.0 Å². The van der Waals surface area contributed by atoms with Crippen molar-refractivity contribution < 1.29 is 0 Å². The Morgan fingerprint density at radius 1 is 1.33 bits per heavy atom. The number of aromatic amines is 1. The van der Waals surface area contributed by atoms with Crippen LogP contribution < -0.4 is 5.73 Å². The molecular weight excluding hydrogens is 224 g/mol. The molecule has 18 heavy (non-hydrogen) atoms. The van der Waals surface area contributed by atoms with Gasteiger partial charge in [0.15, 0.2) is 0 Å². The van der Waals surface area contributed by atoms with Gasteiger partial charge in [-0.15, -0.1) is 0 Å². The van der Waals surface area contributed by atoms with Gasteiger partial charge in [-0.05, 0) is 34.7 Å². The van der Waals surface area contributed by atoms with E-state index in [9.17, 15) is 0 Å². The predicted molar refractivity (Wildman–Crippen MR) is 72.2 cm³/mol. The van der Waals surface area contributed by atoms with Gasteiger partial charge < -0.3 is 10.3 Å². The topological polar surface area (TPSA) is 59.6 Å². The number of nitrogens with zero attached hydrogens (tertiary/aromatic N) is 2. The maximum atomic E-state index is 5.67. The molecule has 0 unspecified atom stereocenters. The average Bonchev–Trinajstić information content (AvgIpc) is 2.97. The quantitative estimate of drug-likeness (QED) is 0.735. The van der Waals surface area contributed by atoms with E-state index in [0.717, 1.165) is 12.1 Å². The van der Waals surface area contributed by atoms with Gasteiger partial charge >= 0.3 is 0 Å². The van der Waals surface area contributed by atoms with Crippen molar-refractivity contribution in [3.63, 3.8) is 0 Å². The maximum Gasteiger partial charge on any atom is 0.0526 e. The molecule has 2 heterocycles. The van der Waals surface area contributed by atoms with Crippen LogP contribution in [0.5, 0.6) is 0 Å². The highest BCUT2D eigenvalue weighted by molar-refractivity contribution is 5.80. The normalized spacial score (nSPS) is 11.2. The van der Waals surface area contributed by atoms with Gasteiger partial charge in [-0.1, -0.05) is 6.07 Å². The zero-order chi connectivity index (χ0) is 12.5. The first kappa shape index (κ1) is 11.0. The molecule has 0 fully saturated rings. The highest BCUT2D eigenvalue weighted by Crippen LogP contribution is 2.19. The predicted octanol–water partition coefficient (Wildman–Crippen LogP) is 1.95. The summed E-state index contributed by atoms with van der Waals surface area (Å²) in [7, 11) is 2.06. The fourth-order valence-electron chi connectivity index (χ4n) is 2.33. The van der Waals surface area contributed by atoms with Crippen molar-refractivity contribution in [2.24, 2.45) is 12.8 Å². The second-order valence-corrected chi connectivity index (χ2v) is 4.57. The van der Waals surface area contributed by atoms with Crippen LogP contribution in [0.25, 0.3) is 10.9 Å². The minimum Gasteiger partial charge on any atom is -0.351 e. The summed E-state index contributed by atoms with van der Waals surface area (Å²) in [5, 5.41) is 8.26. The Morgan fingerprint density at radius 3 is 3.06 bits per heavy atom. The zero-order valence-corrected chi connectivity index (χ0v) is 10.4. The van der Waals surface area contributed by atoms with Crippen molar-refractivity contribution in [2.75, 3.05) is 0 Å². The summed E-state index contributed by atoms with van der Waals surface area (Å²) in [4.78, 5) is 0. The van der Waals surface area contributed by atoms with Gasteiger partial charge in [0.25, 0.3) is 0 Å². The number of rotatable bonds is 3. The second kappa shape index (κ2) is 4.31. The number of nitrogens with one attached hydrogen (secondary N) is 1. The number of hydrogen-bond donors (Lipinski definition) is 2. The molecule has 2 aromatic heterocycles. The van der Waals surface area contributed by atoms with Gasteiger partial charge in [0.2, 0.25) is 0 Å². The average molecular weight is 240 g/mol. The fraction of sp³-hybridized carbons (Fsp3) is 0.214. The van der Waals surface area contributed by atoms with Gasteiger partial charge in [-0.25, -0.2) is 0 Å². The molecule has 0 atom stereocenters. The lowest BCUT2D eigenvalue weighted by atomic mass is 10.0. The first-order valence-corrected chi connectivity index (χ1v) is 6.03. The summed E-state index contributed by atoms with van der Waals surface area (Å²) in [5.41, 5.74) is 10.4. The third-order valence-corrected chi connectivity index (χ3v) is 3.36. The lowest BCUT2D eigenvalue weighted by Crippen LogP contribution is -2.01. The third kappa shape index (κ3) is 1.80. The van der Waals surface area contributed by atoms with Gasteiger partial charge in [-0.2, -0.15) is 5.10 Å². The van der Waals surface area contributed by atoms with Crippen LogP contribution in [0, 0.1) is 0 Å². The van der Waals surface area contributed by atoms with E-state index in [2.05, 4.69) is 52.3 Å². The van der Waals surface area contributed by atoms with Crippen molar-refractivity contribution in [3.05, 3.63) is 53.5 Å². The molecule has 3 N–H and O–H groups in total. The number of hydrogen-bond acceptors (Lipinski definition) is 2. The van der Waals surface area contributed by atoms with E-state index in [1.807, 2.05) is 6.20 Å². The van der Waals surface area contributed by atoms with E-state index >= 15 is 0 Å². The van der Waals surface area contributed by atoms with Crippen molar-refractivity contribution in [3.8, 4) is 0 Å². The van der Waals surface area contributed by atoms with E-state index < -0.39 is 0 Å². The summed E-state index contributed by atoms with van der Waals surface area (Å²) in [5.74, 6) is 0. The SMILES string of the molecule is Cn1ccc2cc(Cc3cn[nH]c3CN)ccc21. The minimum atomic E-state index is 0.503. The van der Waals surface area contributed by atoms with E-state index in [1.165, 1.54) is 22.0 Å². The molecule has 0 spiro atoms. The molecule has 92 valence electrons. The largest absolute Gasteiger partial charge is 0.351 e. The molecule has 0 saturated heterocycles. The molecule has 0 amide bonds. The lowest BCUT2D eigenvalue weighted by molar-refractivity contribution is 0.933. The minimum absolute atomic E-state index is 0.503. The summed E-state index contributed by atoms with van der Waals surface area (Å²) >= 11 is 0. The first-order chi connectivity index (χ1) is 8.78. The van der Waals surface area contributed by atoms with Crippen LogP contribution >= 0.6 is 0 Å². The van der Waals surface area contributed by atoms with Crippen LogP contribution in [0.2, 0.25) is 0 Å². The third-order valence-electron chi connectivity index (χ3n) is 3.36. The number of nitrogens with two attached hydrogens (primary N) is 1. The van der Waals surface area contributed by atoms with E-state index in [4.69, 9.17) is 5.73 Å².